The van der Waals surface area contributed by atoms with E-state index in [1.807, 2.05) is 0 Å². The molecule has 4 aromatic rings. The van der Waals surface area contributed by atoms with E-state index < -0.39 is 26.4 Å². The van der Waals surface area contributed by atoms with Gasteiger partial charge in [-0.25, -0.2) is 17.2 Å². The minimum Gasteiger partial charge on any atom is -0.258 e. The molecular weight excluding hydrogens is 447 g/mol. The fraction of sp³-hybridized carbons (Fsp3) is 0. The van der Waals surface area contributed by atoms with Crippen molar-refractivity contribution in [3.63, 3.8) is 0 Å². The van der Waals surface area contributed by atoms with Gasteiger partial charge in [-0.15, -0.1) is 0 Å². The second-order valence-corrected chi connectivity index (χ2v) is 9.14. The van der Waals surface area contributed by atoms with Crippen LogP contribution in [0.5, 0.6) is 0 Å². The Labute approximate surface area is 189 Å². The zero-order valence-corrected chi connectivity index (χ0v) is 17.7. The molecule has 0 aliphatic rings. The average Bonchev–Trinajstić information content (AvgIpc) is 2.82. The van der Waals surface area contributed by atoms with Crippen LogP contribution >= 0.6 is 0 Å². The van der Waals surface area contributed by atoms with Gasteiger partial charge >= 0.3 is 0 Å². The third-order valence-electron chi connectivity index (χ3n) is 5.14. The van der Waals surface area contributed by atoms with Crippen LogP contribution in [0.15, 0.2) is 94.7 Å². The molecule has 33 heavy (non-hydrogen) atoms. The standard InChI is InChI=1S/C24H14BF2NO4S/c25-17-5-1-15(2-6-17)21-13-14-22(24(27)23(21)26)16-3-9-19(10-4-16)33(31,32)20-11-7-18(8-12-20)28(29)30/h1-14H. The number of nitro groups is 1. The molecule has 0 fully saturated rings. The van der Waals surface area contributed by atoms with Crippen molar-refractivity contribution in [2.75, 3.05) is 0 Å². The van der Waals surface area contributed by atoms with E-state index in [0.717, 1.165) is 24.3 Å². The Kier molecular flexibility index (Phi) is 5.82. The molecular formula is C24H14BF2NO4S. The molecule has 162 valence electrons. The third-order valence-corrected chi connectivity index (χ3v) is 6.92. The van der Waals surface area contributed by atoms with Gasteiger partial charge in [0, 0.05) is 23.3 Å². The van der Waals surface area contributed by atoms with Gasteiger partial charge in [-0.2, -0.15) is 0 Å². The fourth-order valence-electron chi connectivity index (χ4n) is 3.35. The van der Waals surface area contributed by atoms with Crippen molar-refractivity contribution >= 4 is 28.8 Å². The highest BCUT2D eigenvalue weighted by Crippen LogP contribution is 2.32. The first-order chi connectivity index (χ1) is 15.7. The van der Waals surface area contributed by atoms with Crippen molar-refractivity contribution in [2.24, 2.45) is 0 Å². The van der Waals surface area contributed by atoms with E-state index in [2.05, 4.69) is 0 Å². The molecule has 0 N–H and O–H groups in total. The second-order valence-electron chi connectivity index (χ2n) is 7.19. The van der Waals surface area contributed by atoms with E-state index in [9.17, 15) is 27.3 Å². The molecule has 0 atom stereocenters. The monoisotopic (exact) mass is 461 g/mol. The predicted octanol–water partition coefficient (Wildman–Crippen LogP) is 4.83. The van der Waals surface area contributed by atoms with E-state index in [-0.39, 0.29) is 32.2 Å². The average molecular weight is 461 g/mol. The predicted molar refractivity (Wildman–Crippen MR) is 121 cm³/mol. The molecule has 5 nitrogen and oxygen atoms in total. The van der Waals surface area contributed by atoms with Crippen molar-refractivity contribution in [3.8, 4) is 22.3 Å². The lowest BCUT2D eigenvalue weighted by Crippen LogP contribution is -2.02. The van der Waals surface area contributed by atoms with Crippen LogP contribution in [0.2, 0.25) is 0 Å². The number of rotatable bonds is 5. The summed E-state index contributed by atoms with van der Waals surface area (Å²) < 4.78 is 55.2. The normalized spacial score (nSPS) is 11.3. The lowest BCUT2D eigenvalue weighted by atomic mass is 9.93. The highest BCUT2D eigenvalue weighted by Gasteiger charge is 2.20. The number of halogens is 2. The largest absolute Gasteiger partial charge is 0.269 e. The van der Waals surface area contributed by atoms with Gasteiger partial charge in [-0.3, -0.25) is 10.1 Å². The van der Waals surface area contributed by atoms with Crippen LogP contribution in [-0.4, -0.2) is 21.2 Å². The van der Waals surface area contributed by atoms with Crippen LogP contribution in [0.25, 0.3) is 22.3 Å². The number of hydrogen-bond acceptors (Lipinski definition) is 4. The maximum Gasteiger partial charge on any atom is 0.269 e. The molecule has 0 amide bonds. The van der Waals surface area contributed by atoms with Gasteiger partial charge in [0.25, 0.3) is 5.69 Å². The van der Waals surface area contributed by atoms with Gasteiger partial charge in [0.05, 0.1) is 14.7 Å². The van der Waals surface area contributed by atoms with Gasteiger partial charge in [-0.1, -0.05) is 54.0 Å². The number of sulfone groups is 1. The summed E-state index contributed by atoms with van der Waals surface area (Å²) in [4.78, 5) is 9.93. The summed E-state index contributed by atoms with van der Waals surface area (Å²) in [6.45, 7) is 0. The molecule has 0 aromatic heterocycles. The molecule has 4 aromatic carbocycles. The number of nitrogens with zero attached hydrogens (tertiary/aromatic N) is 1. The summed E-state index contributed by atoms with van der Waals surface area (Å²) in [5.41, 5.74) is 1.08. The molecule has 4 rings (SSSR count). The quantitative estimate of drug-likeness (QED) is 0.242. The molecule has 0 aliphatic heterocycles. The zero-order chi connectivity index (χ0) is 23.8. The van der Waals surface area contributed by atoms with Gasteiger partial charge < -0.3 is 0 Å². The maximum absolute atomic E-state index is 14.8. The molecule has 0 heterocycles. The van der Waals surface area contributed by atoms with E-state index in [0.29, 0.717) is 11.0 Å². The third kappa shape index (κ3) is 4.27. The molecule has 9 heteroatoms. The number of nitro benzene ring substituents is 1. The van der Waals surface area contributed by atoms with Crippen LogP contribution < -0.4 is 5.46 Å². The van der Waals surface area contributed by atoms with Gasteiger partial charge in [0.15, 0.2) is 11.6 Å². The van der Waals surface area contributed by atoms with Crippen LogP contribution in [0.3, 0.4) is 0 Å². The topological polar surface area (TPSA) is 77.3 Å². The lowest BCUT2D eigenvalue weighted by molar-refractivity contribution is -0.384. The Morgan fingerprint density at radius 2 is 1.06 bits per heavy atom. The van der Waals surface area contributed by atoms with E-state index in [1.54, 1.807) is 24.3 Å². The van der Waals surface area contributed by atoms with Gasteiger partial charge in [-0.05, 0) is 35.4 Å². The van der Waals surface area contributed by atoms with Crippen molar-refractivity contribution in [1.82, 2.24) is 0 Å². The van der Waals surface area contributed by atoms with E-state index >= 15 is 0 Å². The van der Waals surface area contributed by atoms with Gasteiger partial charge in [0.1, 0.15) is 7.85 Å². The smallest absolute Gasteiger partial charge is 0.258 e. The molecule has 2 radical (unpaired) electrons. The Balaban J connectivity index is 1.66. The van der Waals surface area contributed by atoms with Crippen LogP contribution in [-0.2, 0) is 9.84 Å². The lowest BCUT2D eigenvalue weighted by Gasteiger charge is -2.10. The van der Waals surface area contributed by atoms with Crippen molar-refractivity contribution < 1.29 is 22.1 Å². The molecule has 0 unspecified atom stereocenters. The molecule has 0 saturated heterocycles. The van der Waals surface area contributed by atoms with E-state index in [1.165, 1.54) is 36.4 Å². The number of non-ortho nitro benzene ring substituents is 1. The summed E-state index contributed by atoms with van der Waals surface area (Å²) in [5, 5.41) is 10.8. The number of hydrogen-bond donors (Lipinski definition) is 0. The molecule has 0 bridgehead atoms. The molecule has 0 saturated carbocycles. The second kappa shape index (κ2) is 8.59. The maximum atomic E-state index is 14.8. The first-order valence-electron chi connectivity index (χ1n) is 9.62. The van der Waals surface area contributed by atoms with Crippen LogP contribution in [0.1, 0.15) is 0 Å². The summed E-state index contributed by atoms with van der Waals surface area (Å²) in [6.07, 6.45) is 0. The zero-order valence-electron chi connectivity index (χ0n) is 16.9. The highest BCUT2D eigenvalue weighted by molar-refractivity contribution is 7.91. The van der Waals surface area contributed by atoms with Crippen LogP contribution in [0, 0.1) is 21.7 Å². The van der Waals surface area contributed by atoms with Crippen molar-refractivity contribution in [2.45, 2.75) is 9.79 Å². The summed E-state index contributed by atoms with van der Waals surface area (Å²) in [5.74, 6) is -2.09. The van der Waals surface area contributed by atoms with Crippen molar-refractivity contribution in [3.05, 3.63) is 107 Å². The Morgan fingerprint density at radius 3 is 1.48 bits per heavy atom. The van der Waals surface area contributed by atoms with E-state index in [4.69, 9.17) is 7.85 Å². The Bertz CT molecular complexity index is 1450. The minimum atomic E-state index is -3.95. The highest BCUT2D eigenvalue weighted by atomic mass is 32.2. The fourth-order valence-corrected chi connectivity index (χ4v) is 4.62. The van der Waals surface area contributed by atoms with Crippen LogP contribution in [0.4, 0.5) is 14.5 Å². The summed E-state index contributed by atoms with van der Waals surface area (Å²) >= 11 is 0. The number of benzene rings is 4. The first kappa shape index (κ1) is 22.4. The molecule has 0 spiro atoms. The molecule has 0 aliphatic carbocycles. The Hall–Kier alpha value is -3.85. The van der Waals surface area contributed by atoms with Gasteiger partial charge in [0.2, 0.25) is 9.84 Å². The van der Waals surface area contributed by atoms with Crippen molar-refractivity contribution in [1.29, 1.82) is 0 Å². The minimum absolute atomic E-state index is 0.0222. The SMILES string of the molecule is [B]c1ccc(-c2ccc(-c3ccc(S(=O)(=O)c4ccc([N+](=O)[O-])cc4)cc3)c(F)c2F)cc1. The first-order valence-corrected chi connectivity index (χ1v) is 11.1. The Morgan fingerprint density at radius 1 is 0.667 bits per heavy atom. The summed E-state index contributed by atoms with van der Waals surface area (Å²) in [6, 6.07) is 19.0. The summed E-state index contributed by atoms with van der Waals surface area (Å²) in [7, 11) is 1.69.